The van der Waals surface area contributed by atoms with E-state index in [0.717, 1.165) is 16.9 Å². The molecule has 0 saturated heterocycles. The average Bonchev–Trinajstić information content (AvgIpc) is 3.26. The molecule has 0 aliphatic rings. The van der Waals surface area contributed by atoms with Gasteiger partial charge in [0, 0.05) is 26.1 Å². The predicted octanol–water partition coefficient (Wildman–Crippen LogP) is 2.32. The van der Waals surface area contributed by atoms with Crippen LogP contribution in [0.4, 0.5) is 0 Å². The summed E-state index contributed by atoms with van der Waals surface area (Å²) in [5.74, 6) is 0.844. The summed E-state index contributed by atoms with van der Waals surface area (Å²) in [5, 5.41) is 4.73. The van der Waals surface area contributed by atoms with Crippen molar-refractivity contribution in [3.63, 3.8) is 0 Å². The molecule has 7 nitrogen and oxygen atoms in total. The number of carbonyl (C=O) groups excluding carboxylic acids is 1. The topological polar surface area (TPSA) is 81.8 Å². The molecule has 0 aliphatic heterocycles. The Morgan fingerprint density at radius 3 is 2.93 bits per heavy atom. The van der Waals surface area contributed by atoms with Gasteiger partial charge in [-0.15, -0.1) is 11.3 Å². The number of thiophene rings is 1. The maximum Gasteiger partial charge on any atom is 0.271 e. The second-order valence-electron chi connectivity index (χ2n) is 6.28. The van der Waals surface area contributed by atoms with Crippen LogP contribution in [0.25, 0.3) is 21.3 Å². The van der Waals surface area contributed by atoms with Crippen LogP contribution in [0.2, 0.25) is 0 Å². The molecule has 138 valence electrons. The molecular weight excluding hydrogens is 362 g/mol. The molecule has 1 aromatic carbocycles. The van der Waals surface area contributed by atoms with E-state index in [4.69, 9.17) is 0 Å². The number of hydrogen-bond donors (Lipinski definition) is 1. The van der Waals surface area contributed by atoms with Gasteiger partial charge in [-0.1, -0.05) is 12.1 Å². The van der Waals surface area contributed by atoms with Crippen molar-refractivity contribution in [3.8, 4) is 0 Å². The van der Waals surface area contributed by atoms with Gasteiger partial charge >= 0.3 is 0 Å². The highest BCUT2D eigenvalue weighted by molar-refractivity contribution is 7.17. The molecule has 3 aromatic heterocycles. The maximum atomic E-state index is 12.3. The summed E-state index contributed by atoms with van der Waals surface area (Å²) in [6, 6.07) is 9.73. The van der Waals surface area contributed by atoms with Gasteiger partial charge in [-0.05, 0) is 30.5 Å². The van der Waals surface area contributed by atoms with Crippen LogP contribution in [-0.2, 0) is 17.9 Å². The number of rotatable bonds is 6. The van der Waals surface area contributed by atoms with E-state index in [0.29, 0.717) is 36.3 Å². The minimum Gasteiger partial charge on any atom is -0.354 e. The van der Waals surface area contributed by atoms with Gasteiger partial charge in [0.05, 0.1) is 22.9 Å². The number of para-hydroxylation sites is 2. The number of fused-ring (bicyclic) bond motifs is 2. The van der Waals surface area contributed by atoms with Crippen LogP contribution in [-0.4, -0.2) is 31.6 Å². The fourth-order valence-electron chi connectivity index (χ4n) is 3.13. The van der Waals surface area contributed by atoms with Crippen LogP contribution in [0, 0.1) is 6.92 Å². The van der Waals surface area contributed by atoms with Gasteiger partial charge in [0.15, 0.2) is 0 Å². The molecule has 0 bridgehead atoms. The normalized spacial score (nSPS) is 11.3. The minimum atomic E-state index is -0.0650. The van der Waals surface area contributed by atoms with Crippen molar-refractivity contribution in [2.24, 2.45) is 0 Å². The lowest BCUT2D eigenvalue weighted by Gasteiger charge is -2.09. The SMILES string of the molecule is Cc1nc2ccccc2n1CCC(=O)NCCn1cnc2ccsc2c1=O. The zero-order valence-electron chi connectivity index (χ0n) is 14.9. The molecule has 4 rings (SSSR count). The van der Waals surface area contributed by atoms with Gasteiger partial charge in [0.25, 0.3) is 5.56 Å². The van der Waals surface area contributed by atoms with E-state index in [1.807, 2.05) is 47.2 Å². The Morgan fingerprint density at radius 2 is 2.04 bits per heavy atom. The summed E-state index contributed by atoms with van der Waals surface area (Å²) in [5.41, 5.74) is 2.62. The van der Waals surface area contributed by atoms with Crippen molar-refractivity contribution in [2.75, 3.05) is 6.54 Å². The summed E-state index contributed by atoms with van der Waals surface area (Å²) in [6.45, 7) is 3.30. The smallest absolute Gasteiger partial charge is 0.271 e. The first-order valence-electron chi connectivity index (χ1n) is 8.75. The third kappa shape index (κ3) is 3.48. The largest absolute Gasteiger partial charge is 0.354 e. The molecule has 0 radical (unpaired) electrons. The maximum absolute atomic E-state index is 12.3. The number of aryl methyl sites for hydroxylation is 2. The van der Waals surface area contributed by atoms with Crippen molar-refractivity contribution in [2.45, 2.75) is 26.4 Å². The Labute approximate surface area is 159 Å². The third-order valence-electron chi connectivity index (χ3n) is 4.52. The molecule has 27 heavy (non-hydrogen) atoms. The summed E-state index contributed by atoms with van der Waals surface area (Å²) >= 11 is 1.38. The molecule has 0 spiro atoms. The van der Waals surface area contributed by atoms with E-state index >= 15 is 0 Å². The molecule has 0 aliphatic carbocycles. The number of amides is 1. The van der Waals surface area contributed by atoms with Crippen molar-refractivity contribution in [1.29, 1.82) is 0 Å². The standard InChI is InChI=1S/C19H19N5O2S/c1-13-22-14-4-2-3-5-16(14)24(13)9-6-17(25)20-8-10-23-12-21-15-7-11-27-18(15)19(23)26/h2-5,7,11-12H,6,8-10H2,1H3,(H,20,25). The van der Waals surface area contributed by atoms with Crippen molar-refractivity contribution in [3.05, 3.63) is 58.2 Å². The zero-order chi connectivity index (χ0) is 18.8. The highest BCUT2D eigenvalue weighted by Gasteiger charge is 2.09. The molecule has 1 amide bonds. The summed E-state index contributed by atoms with van der Waals surface area (Å²) < 4.78 is 4.23. The number of imidazole rings is 1. The fourth-order valence-corrected chi connectivity index (χ4v) is 3.93. The summed E-state index contributed by atoms with van der Waals surface area (Å²) in [6.07, 6.45) is 1.89. The second-order valence-corrected chi connectivity index (χ2v) is 7.19. The number of hydrogen-bond acceptors (Lipinski definition) is 5. The van der Waals surface area contributed by atoms with Crippen LogP contribution >= 0.6 is 11.3 Å². The van der Waals surface area contributed by atoms with Gasteiger partial charge in [0.2, 0.25) is 5.91 Å². The first-order valence-corrected chi connectivity index (χ1v) is 9.62. The Bertz CT molecular complexity index is 1170. The number of carbonyl (C=O) groups is 1. The van der Waals surface area contributed by atoms with Crippen molar-refractivity contribution >= 4 is 38.5 Å². The van der Waals surface area contributed by atoms with E-state index in [9.17, 15) is 9.59 Å². The number of benzene rings is 1. The molecule has 0 unspecified atom stereocenters. The minimum absolute atomic E-state index is 0.0506. The van der Waals surface area contributed by atoms with Gasteiger partial charge in [-0.3, -0.25) is 14.2 Å². The lowest BCUT2D eigenvalue weighted by molar-refractivity contribution is -0.121. The van der Waals surface area contributed by atoms with Gasteiger partial charge < -0.3 is 9.88 Å². The van der Waals surface area contributed by atoms with Crippen molar-refractivity contribution in [1.82, 2.24) is 24.4 Å². The highest BCUT2D eigenvalue weighted by atomic mass is 32.1. The Balaban J connectivity index is 1.33. The molecule has 3 heterocycles. The number of nitrogens with zero attached hydrogens (tertiary/aromatic N) is 4. The third-order valence-corrected chi connectivity index (χ3v) is 5.41. The predicted molar refractivity (Wildman–Crippen MR) is 106 cm³/mol. The quantitative estimate of drug-likeness (QED) is 0.556. The van der Waals surface area contributed by atoms with Crippen LogP contribution in [0.15, 0.2) is 46.8 Å². The molecule has 8 heteroatoms. The molecule has 0 atom stereocenters. The van der Waals surface area contributed by atoms with Crippen LogP contribution in [0.3, 0.4) is 0 Å². The summed E-state index contributed by atoms with van der Waals surface area (Å²) in [7, 11) is 0. The van der Waals surface area contributed by atoms with Gasteiger partial charge in [-0.25, -0.2) is 9.97 Å². The fraction of sp³-hybridized carbons (Fsp3) is 0.263. The first-order chi connectivity index (χ1) is 13.1. The molecule has 0 fully saturated rings. The van der Waals surface area contributed by atoms with E-state index in [-0.39, 0.29) is 11.5 Å². The zero-order valence-corrected chi connectivity index (χ0v) is 15.7. The average molecular weight is 381 g/mol. The Morgan fingerprint density at radius 1 is 1.19 bits per heavy atom. The van der Waals surface area contributed by atoms with Crippen LogP contribution in [0.1, 0.15) is 12.2 Å². The molecule has 1 N–H and O–H groups in total. The van der Waals surface area contributed by atoms with Crippen molar-refractivity contribution < 1.29 is 4.79 Å². The summed E-state index contributed by atoms with van der Waals surface area (Å²) in [4.78, 5) is 33.3. The lowest BCUT2D eigenvalue weighted by Crippen LogP contribution is -2.31. The molecule has 0 saturated carbocycles. The second kappa shape index (κ2) is 7.32. The first kappa shape index (κ1) is 17.4. The molecule has 4 aromatic rings. The molecular formula is C19H19N5O2S. The van der Waals surface area contributed by atoms with E-state index in [2.05, 4.69) is 15.3 Å². The van der Waals surface area contributed by atoms with Gasteiger partial charge in [-0.2, -0.15) is 0 Å². The van der Waals surface area contributed by atoms with E-state index in [1.54, 1.807) is 0 Å². The Kier molecular flexibility index (Phi) is 4.72. The Hall–Kier alpha value is -3.00. The monoisotopic (exact) mass is 381 g/mol. The van der Waals surface area contributed by atoms with Crippen LogP contribution < -0.4 is 10.9 Å². The lowest BCUT2D eigenvalue weighted by atomic mass is 10.3. The number of nitrogens with one attached hydrogen (secondary N) is 1. The van der Waals surface area contributed by atoms with Gasteiger partial charge in [0.1, 0.15) is 10.5 Å². The highest BCUT2D eigenvalue weighted by Crippen LogP contribution is 2.16. The number of aromatic nitrogens is 4. The van der Waals surface area contributed by atoms with E-state index < -0.39 is 0 Å². The van der Waals surface area contributed by atoms with E-state index in [1.165, 1.54) is 22.2 Å². The van der Waals surface area contributed by atoms with Crippen LogP contribution in [0.5, 0.6) is 0 Å².